The minimum absolute atomic E-state index is 0.198. The SMILES string of the molecule is Cc1cccc(OCCCC(=O)O[C@@H](C)c2nc3sc(C)c(C)c3c(=O)[nH]2)c1. The van der Waals surface area contributed by atoms with E-state index in [0.29, 0.717) is 29.1 Å². The minimum atomic E-state index is -0.620. The van der Waals surface area contributed by atoms with Gasteiger partial charge in [-0.15, -0.1) is 11.3 Å². The summed E-state index contributed by atoms with van der Waals surface area (Å²) < 4.78 is 11.1. The summed E-state index contributed by atoms with van der Waals surface area (Å²) in [7, 11) is 0. The Morgan fingerprint density at radius 1 is 1.29 bits per heavy atom. The molecule has 0 amide bonds. The number of esters is 1. The molecule has 6 nitrogen and oxygen atoms in total. The summed E-state index contributed by atoms with van der Waals surface area (Å²) in [5.74, 6) is 0.808. The molecule has 1 atom stereocenters. The Balaban J connectivity index is 1.54. The van der Waals surface area contributed by atoms with Crippen molar-refractivity contribution in [2.45, 2.75) is 46.6 Å². The Hall–Kier alpha value is -2.67. The number of H-pyrrole nitrogens is 1. The normalized spacial score (nSPS) is 12.1. The van der Waals surface area contributed by atoms with E-state index < -0.39 is 6.10 Å². The largest absolute Gasteiger partial charge is 0.494 e. The smallest absolute Gasteiger partial charge is 0.306 e. The minimum Gasteiger partial charge on any atom is -0.494 e. The number of nitrogens with one attached hydrogen (secondary N) is 1. The van der Waals surface area contributed by atoms with Crippen LogP contribution in [0.15, 0.2) is 29.1 Å². The van der Waals surface area contributed by atoms with Crippen molar-refractivity contribution >= 4 is 27.5 Å². The van der Waals surface area contributed by atoms with Gasteiger partial charge in [-0.2, -0.15) is 0 Å². The Morgan fingerprint density at radius 3 is 2.82 bits per heavy atom. The number of aromatic amines is 1. The fraction of sp³-hybridized carbons (Fsp3) is 0.381. The highest BCUT2D eigenvalue weighted by Crippen LogP contribution is 2.27. The van der Waals surface area contributed by atoms with E-state index >= 15 is 0 Å². The van der Waals surface area contributed by atoms with E-state index in [1.165, 1.54) is 11.3 Å². The molecule has 0 fully saturated rings. The number of benzene rings is 1. The van der Waals surface area contributed by atoms with Crippen molar-refractivity contribution in [1.82, 2.24) is 9.97 Å². The number of carbonyl (C=O) groups is 1. The quantitative estimate of drug-likeness (QED) is 0.470. The fourth-order valence-electron chi connectivity index (χ4n) is 2.89. The van der Waals surface area contributed by atoms with Gasteiger partial charge < -0.3 is 14.5 Å². The van der Waals surface area contributed by atoms with Gasteiger partial charge in [-0.1, -0.05) is 12.1 Å². The van der Waals surface area contributed by atoms with Crippen LogP contribution >= 0.6 is 11.3 Å². The van der Waals surface area contributed by atoms with Gasteiger partial charge in [0.15, 0.2) is 11.9 Å². The number of carbonyl (C=O) groups excluding carboxylic acids is 1. The third-order valence-electron chi connectivity index (χ3n) is 4.53. The summed E-state index contributed by atoms with van der Waals surface area (Å²) in [6, 6.07) is 7.77. The van der Waals surface area contributed by atoms with Crippen LogP contribution in [0.4, 0.5) is 0 Å². The van der Waals surface area contributed by atoms with Crippen LogP contribution in [0.5, 0.6) is 5.75 Å². The highest BCUT2D eigenvalue weighted by Gasteiger charge is 2.18. The molecule has 1 N–H and O–H groups in total. The molecular formula is C21H24N2O4S. The van der Waals surface area contributed by atoms with Crippen LogP contribution in [0.2, 0.25) is 0 Å². The van der Waals surface area contributed by atoms with Gasteiger partial charge in [0.25, 0.3) is 5.56 Å². The van der Waals surface area contributed by atoms with Gasteiger partial charge in [-0.05, 0) is 57.4 Å². The zero-order valence-electron chi connectivity index (χ0n) is 16.5. The molecule has 1 aromatic carbocycles. The van der Waals surface area contributed by atoms with Gasteiger partial charge in [0.1, 0.15) is 10.6 Å². The molecule has 0 saturated carbocycles. The molecule has 0 aliphatic heterocycles. The summed E-state index contributed by atoms with van der Waals surface area (Å²) in [5.41, 5.74) is 1.87. The molecule has 0 bridgehead atoms. The van der Waals surface area contributed by atoms with E-state index in [-0.39, 0.29) is 17.9 Å². The van der Waals surface area contributed by atoms with Crippen LogP contribution in [0.25, 0.3) is 10.2 Å². The zero-order chi connectivity index (χ0) is 20.3. The first kappa shape index (κ1) is 20.1. The predicted octanol–water partition coefficient (Wildman–Crippen LogP) is 4.37. The number of nitrogens with zero attached hydrogens (tertiary/aromatic N) is 1. The van der Waals surface area contributed by atoms with E-state index in [9.17, 15) is 9.59 Å². The lowest BCUT2D eigenvalue weighted by atomic mass is 10.2. The molecule has 0 unspecified atom stereocenters. The Bertz CT molecular complexity index is 1050. The second-order valence-electron chi connectivity index (χ2n) is 6.82. The number of hydrogen-bond acceptors (Lipinski definition) is 6. The molecule has 0 aliphatic carbocycles. The van der Waals surface area contributed by atoms with Crippen LogP contribution in [-0.4, -0.2) is 22.5 Å². The van der Waals surface area contributed by atoms with Crippen LogP contribution < -0.4 is 10.3 Å². The van der Waals surface area contributed by atoms with E-state index in [1.54, 1.807) is 6.92 Å². The average Bonchev–Trinajstić information content (AvgIpc) is 2.93. The van der Waals surface area contributed by atoms with E-state index in [4.69, 9.17) is 9.47 Å². The molecule has 3 rings (SSSR count). The third kappa shape index (κ3) is 4.59. The predicted molar refractivity (Wildman–Crippen MR) is 110 cm³/mol. The second-order valence-corrected chi connectivity index (χ2v) is 8.02. The third-order valence-corrected chi connectivity index (χ3v) is 5.64. The first-order valence-corrected chi connectivity index (χ1v) is 10.1. The number of ether oxygens (including phenoxy) is 2. The Kier molecular flexibility index (Phi) is 6.14. The number of thiophene rings is 1. The maximum atomic E-state index is 12.3. The van der Waals surface area contributed by atoms with Crippen molar-refractivity contribution in [3.63, 3.8) is 0 Å². The summed E-state index contributed by atoms with van der Waals surface area (Å²) in [4.78, 5) is 33.4. The molecule has 7 heteroatoms. The van der Waals surface area contributed by atoms with E-state index in [2.05, 4.69) is 9.97 Å². The van der Waals surface area contributed by atoms with Crippen LogP contribution in [0, 0.1) is 20.8 Å². The number of aryl methyl sites for hydroxylation is 3. The zero-order valence-corrected chi connectivity index (χ0v) is 17.3. The van der Waals surface area contributed by atoms with E-state index in [1.807, 2.05) is 45.0 Å². The molecule has 0 radical (unpaired) electrons. The van der Waals surface area contributed by atoms with Crippen molar-refractivity contribution in [3.8, 4) is 5.75 Å². The van der Waals surface area contributed by atoms with Crippen LogP contribution in [0.3, 0.4) is 0 Å². The average molecular weight is 401 g/mol. The topological polar surface area (TPSA) is 81.3 Å². The summed E-state index contributed by atoms with van der Waals surface area (Å²) in [5, 5.41) is 0.609. The van der Waals surface area contributed by atoms with Crippen molar-refractivity contribution in [3.05, 3.63) is 56.4 Å². The van der Waals surface area contributed by atoms with Crippen molar-refractivity contribution < 1.29 is 14.3 Å². The fourth-order valence-corrected chi connectivity index (χ4v) is 3.92. The number of aromatic nitrogens is 2. The first-order chi connectivity index (χ1) is 13.3. The standard InChI is InChI=1S/C21H24N2O4S/c1-12-7-5-8-16(11-12)26-10-6-9-17(24)27-14(3)19-22-20(25)18-13(2)15(4)28-21(18)23-19/h5,7-8,11,14H,6,9-10H2,1-4H3,(H,22,23,25)/t14-/m0/s1. The van der Waals surface area contributed by atoms with Crippen molar-refractivity contribution in [2.24, 2.45) is 0 Å². The van der Waals surface area contributed by atoms with E-state index in [0.717, 1.165) is 21.8 Å². The lowest BCUT2D eigenvalue weighted by Gasteiger charge is -2.13. The van der Waals surface area contributed by atoms with Gasteiger partial charge in [-0.3, -0.25) is 9.59 Å². The molecule has 2 aromatic heterocycles. The van der Waals surface area contributed by atoms with Crippen LogP contribution in [0.1, 0.15) is 47.7 Å². The highest BCUT2D eigenvalue weighted by atomic mass is 32.1. The van der Waals surface area contributed by atoms with Crippen LogP contribution in [-0.2, 0) is 9.53 Å². The Labute approximate surface area is 167 Å². The monoisotopic (exact) mass is 400 g/mol. The van der Waals surface area contributed by atoms with Crippen molar-refractivity contribution in [1.29, 1.82) is 0 Å². The highest BCUT2D eigenvalue weighted by molar-refractivity contribution is 7.18. The van der Waals surface area contributed by atoms with Gasteiger partial charge in [0.2, 0.25) is 0 Å². The maximum absolute atomic E-state index is 12.3. The maximum Gasteiger partial charge on any atom is 0.306 e. The van der Waals surface area contributed by atoms with Gasteiger partial charge in [0, 0.05) is 11.3 Å². The molecule has 2 heterocycles. The summed E-state index contributed by atoms with van der Waals surface area (Å²) in [6.45, 7) is 8.01. The summed E-state index contributed by atoms with van der Waals surface area (Å²) >= 11 is 1.47. The molecule has 3 aromatic rings. The first-order valence-electron chi connectivity index (χ1n) is 9.24. The molecule has 0 spiro atoms. The van der Waals surface area contributed by atoms with Gasteiger partial charge in [-0.25, -0.2) is 4.98 Å². The summed E-state index contributed by atoms with van der Waals surface area (Å²) in [6.07, 6.45) is 0.163. The van der Waals surface area contributed by atoms with Gasteiger partial charge >= 0.3 is 5.97 Å². The van der Waals surface area contributed by atoms with Gasteiger partial charge in [0.05, 0.1) is 12.0 Å². The van der Waals surface area contributed by atoms with Crippen molar-refractivity contribution in [2.75, 3.05) is 6.61 Å². The number of fused-ring (bicyclic) bond motifs is 1. The lowest BCUT2D eigenvalue weighted by molar-refractivity contribution is -0.149. The molecular weight excluding hydrogens is 376 g/mol. The second kappa shape index (κ2) is 8.56. The molecule has 148 valence electrons. The Morgan fingerprint density at radius 2 is 2.07 bits per heavy atom. The number of hydrogen-bond donors (Lipinski definition) is 1. The molecule has 0 saturated heterocycles. The molecule has 0 aliphatic rings. The number of rotatable bonds is 7. The lowest BCUT2D eigenvalue weighted by Crippen LogP contribution is -2.17. The molecule has 28 heavy (non-hydrogen) atoms.